The lowest BCUT2D eigenvalue weighted by Gasteiger charge is -2.32. The van der Waals surface area contributed by atoms with E-state index < -0.39 is 0 Å². The summed E-state index contributed by atoms with van der Waals surface area (Å²) in [5.74, 6) is 1.89. The molecule has 1 aliphatic rings. The van der Waals surface area contributed by atoms with Gasteiger partial charge in [-0.3, -0.25) is 9.78 Å². The second kappa shape index (κ2) is 7.03. The average Bonchev–Trinajstić information content (AvgIpc) is 3.23. The van der Waals surface area contributed by atoms with E-state index in [1.165, 1.54) is 0 Å². The number of nitrogens with zero attached hydrogens (tertiary/aromatic N) is 5. The minimum Gasteiger partial charge on any atom is -0.343 e. The van der Waals surface area contributed by atoms with Gasteiger partial charge in [0.15, 0.2) is 5.82 Å². The second-order valence-electron chi connectivity index (χ2n) is 6.47. The van der Waals surface area contributed by atoms with Crippen LogP contribution in [0, 0.1) is 6.92 Å². The molecule has 1 N–H and O–H groups in total. The number of piperidine rings is 1. The first-order valence-electron chi connectivity index (χ1n) is 8.75. The summed E-state index contributed by atoms with van der Waals surface area (Å²) in [7, 11) is 0. The molecule has 0 bridgehead atoms. The Morgan fingerprint density at radius 1 is 1.15 bits per heavy atom. The second-order valence-corrected chi connectivity index (χ2v) is 6.47. The van der Waals surface area contributed by atoms with Gasteiger partial charge in [-0.05, 0) is 38.0 Å². The van der Waals surface area contributed by atoms with Gasteiger partial charge in [-0.2, -0.15) is 0 Å². The highest BCUT2D eigenvalue weighted by atomic mass is 16.2. The SMILES string of the molecule is Cc1nc(-c2ncc[nH]2)cc(C2CCN(C(=O)c3ccncc3)CC2)n1. The number of hydrogen-bond acceptors (Lipinski definition) is 5. The number of hydrogen-bond donors (Lipinski definition) is 1. The Morgan fingerprint density at radius 2 is 1.92 bits per heavy atom. The van der Waals surface area contributed by atoms with Gasteiger partial charge in [-0.25, -0.2) is 15.0 Å². The third-order valence-corrected chi connectivity index (χ3v) is 4.73. The first-order chi connectivity index (χ1) is 12.7. The van der Waals surface area contributed by atoms with E-state index in [9.17, 15) is 4.79 Å². The molecule has 0 radical (unpaired) electrons. The highest BCUT2D eigenvalue weighted by Crippen LogP contribution is 2.29. The van der Waals surface area contributed by atoms with Crippen molar-refractivity contribution < 1.29 is 4.79 Å². The van der Waals surface area contributed by atoms with Crippen LogP contribution in [0.2, 0.25) is 0 Å². The molecular formula is C19H20N6O. The van der Waals surface area contributed by atoms with Crippen LogP contribution in [-0.4, -0.2) is 48.8 Å². The summed E-state index contributed by atoms with van der Waals surface area (Å²) in [6.45, 7) is 3.36. The van der Waals surface area contributed by atoms with E-state index in [1.807, 2.05) is 17.9 Å². The van der Waals surface area contributed by atoms with Gasteiger partial charge in [-0.15, -0.1) is 0 Å². The predicted molar refractivity (Wildman–Crippen MR) is 96.5 cm³/mol. The minimum absolute atomic E-state index is 0.0704. The van der Waals surface area contributed by atoms with Gasteiger partial charge < -0.3 is 9.88 Å². The molecule has 1 aliphatic heterocycles. The van der Waals surface area contributed by atoms with E-state index in [1.54, 1.807) is 36.9 Å². The van der Waals surface area contributed by atoms with E-state index in [2.05, 4.69) is 24.9 Å². The van der Waals surface area contributed by atoms with Crippen LogP contribution in [0.25, 0.3) is 11.5 Å². The molecule has 7 heteroatoms. The van der Waals surface area contributed by atoms with Crippen LogP contribution in [-0.2, 0) is 0 Å². The number of aromatic nitrogens is 5. The number of amides is 1. The first kappa shape index (κ1) is 16.4. The molecule has 0 aliphatic carbocycles. The number of rotatable bonds is 3. The van der Waals surface area contributed by atoms with Crippen molar-refractivity contribution in [2.45, 2.75) is 25.7 Å². The zero-order valence-electron chi connectivity index (χ0n) is 14.6. The molecule has 26 heavy (non-hydrogen) atoms. The molecule has 1 saturated heterocycles. The Labute approximate surface area is 151 Å². The van der Waals surface area contributed by atoms with Crippen LogP contribution in [0.4, 0.5) is 0 Å². The summed E-state index contributed by atoms with van der Waals surface area (Å²) >= 11 is 0. The van der Waals surface area contributed by atoms with Crippen LogP contribution < -0.4 is 0 Å². The summed E-state index contributed by atoms with van der Waals surface area (Å²) in [6, 6.07) is 5.53. The molecule has 4 rings (SSSR count). The lowest BCUT2D eigenvalue weighted by Crippen LogP contribution is -2.38. The predicted octanol–water partition coefficient (Wildman–Crippen LogP) is 2.59. The minimum atomic E-state index is 0.0704. The maximum absolute atomic E-state index is 12.6. The number of carbonyl (C=O) groups is 1. The maximum atomic E-state index is 12.6. The van der Waals surface area contributed by atoms with Crippen molar-refractivity contribution in [1.29, 1.82) is 0 Å². The molecule has 3 aromatic rings. The normalized spacial score (nSPS) is 15.2. The molecule has 0 aromatic carbocycles. The van der Waals surface area contributed by atoms with Crippen LogP contribution in [0.1, 0.15) is 40.6 Å². The zero-order valence-corrected chi connectivity index (χ0v) is 14.6. The quantitative estimate of drug-likeness (QED) is 0.786. The van der Waals surface area contributed by atoms with E-state index in [0.29, 0.717) is 11.5 Å². The van der Waals surface area contributed by atoms with Crippen molar-refractivity contribution >= 4 is 5.91 Å². The van der Waals surface area contributed by atoms with E-state index in [4.69, 9.17) is 0 Å². The topological polar surface area (TPSA) is 87.7 Å². The van der Waals surface area contributed by atoms with Crippen molar-refractivity contribution in [3.8, 4) is 11.5 Å². The molecule has 0 spiro atoms. The Bertz CT molecular complexity index is 886. The Morgan fingerprint density at radius 3 is 2.62 bits per heavy atom. The zero-order chi connectivity index (χ0) is 17.9. The number of carbonyl (C=O) groups excluding carboxylic acids is 1. The Balaban J connectivity index is 1.47. The standard InChI is InChI=1S/C19H20N6O/c1-13-23-16(12-17(24-13)18-21-8-9-22-18)14-4-10-25(11-5-14)19(26)15-2-6-20-7-3-15/h2-3,6-9,12,14H,4-5,10-11H2,1H3,(H,21,22). The van der Waals surface area contributed by atoms with Gasteiger partial charge >= 0.3 is 0 Å². The number of pyridine rings is 1. The number of likely N-dealkylation sites (tertiary alicyclic amines) is 1. The maximum Gasteiger partial charge on any atom is 0.253 e. The average molecular weight is 348 g/mol. The van der Waals surface area contributed by atoms with E-state index in [-0.39, 0.29) is 5.91 Å². The van der Waals surface area contributed by atoms with Crippen molar-refractivity contribution in [3.63, 3.8) is 0 Å². The smallest absolute Gasteiger partial charge is 0.253 e. The Hall–Kier alpha value is -3.09. The molecule has 3 aromatic heterocycles. The highest BCUT2D eigenvalue weighted by molar-refractivity contribution is 5.94. The molecule has 4 heterocycles. The van der Waals surface area contributed by atoms with Crippen molar-refractivity contribution in [1.82, 2.24) is 29.8 Å². The van der Waals surface area contributed by atoms with Gasteiger partial charge in [0.25, 0.3) is 5.91 Å². The van der Waals surface area contributed by atoms with Gasteiger partial charge in [0, 0.05) is 55.1 Å². The van der Waals surface area contributed by atoms with E-state index in [0.717, 1.165) is 49.0 Å². The summed E-state index contributed by atoms with van der Waals surface area (Å²) in [5, 5.41) is 0. The van der Waals surface area contributed by atoms with Crippen LogP contribution >= 0.6 is 0 Å². The molecule has 1 fully saturated rings. The summed E-state index contributed by atoms with van der Waals surface area (Å²) in [4.78, 5) is 34.9. The molecule has 0 unspecified atom stereocenters. The van der Waals surface area contributed by atoms with E-state index >= 15 is 0 Å². The molecule has 0 saturated carbocycles. The number of aryl methyl sites for hydroxylation is 1. The third-order valence-electron chi connectivity index (χ3n) is 4.73. The van der Waals surface area contributed by atoms with Gasteiger partial charge in [-0.1, -0.05) is 0 Å². The fourth-order valence-electron chi connectivity index (χ4n) is 3.38. The first-order valence-corrected chi connectivity index (χ1v) is 8.75. The molecule has 1 amide bonds. The number of nitrogens with one attached hydrogen (secondary N) is 1. The van der Waals surface area contributed by atoms with Crippen LogP contribution in [0.3, 0.4) is 0 Å². The van der Waals surface area contributed by atoms with Gasteiger partial charge in [0.05, 0.1) is 0 Å². The number of H-pyrrole nitrogens is 1. The highest BCUT2D eigenvalue weighted by Gasteiger charge is 2.26. The molecule has 7 nitrogen and oxygen atoms in total. The van der Waals surface area contributed by atoms with Crippen LogP contribution in [0.5, 0.6) is 0 Å². The van der Waals surface area contributed by atoms with Crippen LogP contribution in [0.15, 0.2) is 43.0 Å². The molecule has 132 valence electrons. The van der Waals surface area contributed by atoms with Crippen molar-refractivity contribution in [2.75, 3.05) is 13.1 Å². The molecule has 0 atom stereocenters. The molecular weight excluding hydrogens is 328 g/mol. The third kappa shape index (κ3) is 3.33. The largest absolute Gasteiger partial charge is 0.343 e. The van der Waals surface area contributed by atoms with Crippen molar-refractivity contribution in [2.24, 2.45) is 0 Å². The number of aromatic amines is 1. The number of imidazole rings is 1. The lowest BCUT2D eigenvalue weighted by atomic mass is 9.92. The summed E-state index contributed by atoms with van der Waals surface area (Å²) < 4.78 is 0. The summed E-state index contributed by atoms with van der Waals surface area (Å²) in [6.07, 6.45) is 8.60. The summed E-state index contributed by atoms with van der Waals surface area (Å²) in [5.41, 5.74) is 2.53. The fraction of sp³-hybridized carbons (Fsp3) is 0.316. The monoisotopic (exact) mass is 348 g/mol. The van der Waals surface area contributed by atoms with Crippen molar-refractivity contribution in [3.05, 3.63) is 60.1 Å². The van der Waals surface area contributed by atoms with Gasteiger partial charge in [0.2, 0.25) is 0 Å². The van der Waals surface area contributed by atoms with Gasteiger partial charge in [0.1, 0.15) is 11.5 Å². The fourth-order valence-corrected chi connectivity index (χ4v) is 3.38. The Kier molecular flexibility index (Phi) is 4.43. The lowest BCUT2D eigenvalue weighted by molar-refractivity contribution is 0.0712.